The van der Waals surface area contributed by atoms with Gasteiger partial charge in [-0.05, 0) is 48.7 Å². The Kier molecular flexibility index (Phi) is 6.37. The molecule has 33 heavy (non-hydrogen) atoms. The van der Waals surface area contributed by atoms with Crippen LogP contribution in [0, 0.1) is 13.8 Å². The molecule has 3 aromatic rings. The van der Waals surface area contributed by atoms with Crippen LogP contribution in [0.3, 0.4) is 0 Å². The van der Waals surface area contributed by atoms with Crippen molar-refractivity contribution >= 4 is 44.1 Å². The van der Waals surface area contributed by atoms with E-state index in [1.807, 2.05) is 13.0 Å². The highest BCUT2D eigenvalue weighted by Crippen LogP contribution is 2.35. The normalized spacial score (nSPS) is 15.8. The van der Waals surface area contributed by atoms with Gasteiger partial charge in [-0.15, -0.1) is 0 Å². The number of rotatable bonds is 6. The number of likely N-dealkylation sites (N-methyl/N-ethyl adjacent to an activating group) is 1. The molecule has 0 aliphatic carbocycles. The van der Waals surface area contributed by atoms with E-state index in [-0.39, 0.29) is 4.90 Å². The lowest BCUT2D eigenvalue weighted by Crippen LogP contribution is -2.39. The standard InChI is InChI=1S/C22H26ClN5O4S/c1-13-10-16-12-25-26-19(16)21(14(13)2)33(30,31)27(3)20(22(24)29)15-4-5-18(17(23)11-15)28-6-8-32-9-7-28/h4-5,10-12,20H,6-9H2,1-3H3,(H2,24,29)(H,25,26). The van der Waals surface area contributed by atoms with E-state index in [1.165, 1.54) is 7.05 Å². The number of nitrogens with two attached hydrogens (primary N) is 1. The Labute approximate surface area is 197 Å². The quantitative estimate of drug-likeness (QED) is 0.546. The molecule has 1 unspecified atom stereocenters. The van der Waals surface area contributed by atoms with Gasteiger partial charge < -0.3 is 15.4 Å². The summed E-state index contributed by atoms with van der Waals surface area (Å²) in [4.78, 5) is 14.7. The molecule has 1 saturated heterocycles. The second-order valence-electron chi connectivity index (χ2n) is 8.12. The number of hydrogen-bond acceptors (Lipinski definition) is 6. The number of carbonyl (C=O) groups is 1. The number of benzene rings is 2. The van der Waals surface area contributed by atoms with Crippen LogP contribution < -0.4 is 10.6 Å². The lowest BCUT2D eigenvalue weighted by Gasteiger charge is -2.31. The minimum absolute atomic E-state index is 0.0692. The van der Waals surface area contributed by atoms with E-state index in [4.69, 9.17) is 22.1 Å². The van der Waals surface area contributed by atoms with Gasteiger partial charge in [0.2, 0.25) is 15.9 Å². The summed E-state index contributed by atoms with van der Waals surface area (Å²) in [6.07, 6.45) is 1.57. The number of halogens is 1. The van der Waals surface area contributed by atoms with Gasteiger partial charge in [-0.3, -0.25) is 9.89 Å². The van der Waals surface area contributed by atoms with Gasteiger partial charge in [0.1, 0.15) is 10.9 Å². The zero-order chi connectivity index (χ0) is 23.9. The van der Waals surface area contributed by atoms with Crippen LogP contribution in [0.15, 0.2) is 35.4 Å². The van der Waals surface area contributed by atoms with Crippen molar-refractivity contribution in [1.82, 2.24) is 14.5 Å². The van der Waals surface area contributed by atoms with E-state index in [9.17, 15) is 13.2 Å². The van der Waals surface area contributed by atoms with Crippen LogP contribution in [0.2, 0.25) is 5.02 Å². The Morgan fingerprint density at radius 3 is 2.61 bits per heavy atom. The zero-order valence-electron chi connectivity index (χ0n) is 18.6. The number of morpholine rings is 1. The minimum atomic E-state index is -4.13. The maximum Gasteiger partial charge on any atom is 0.246 e. The number of H-pyrrole nitrogens is 1. The first-order valence-corrected chi connectivity index (χ1v) is 12.3. The largest absolute Gasteiger partial charge is 0.378 e. The number of hydrogen-bond donors (Lipinski definition) is 2. The van der Waals surface area contributed by atoms with Crippen LogP contribution in [0.5, 0.6) is 0 Å². The van der Waals surface area contributed by atoms with Crippen molar-refractivity contribution in [1.29, 1.82) is 0 Å². The Balaban J connectivity index is 1.76. The number of nitrogens with one attached hydrogen (secondary N) is 1. The van der Waals surface area contributed by atoms with E-state index < -0.39 is 22.0 Å². The molecular weight excluding hydrogens is 466 g/mol. The molecule has 1 amide bonds. The molecule has 1 aliphatic rings. The summed E-state index contributed by atoms with van der Waals surface area (Å²) in [6.45, 7) is 6.14. The predicted molar refractivity (Wildman–Crippen MR) is 127 cm³/mol. The summed E-state index contributed by atoms with van der Waals surface area (Å²) in [7, 11) is -2.79. The maximum atomic E-state index is 13.8. The summed E-state index contributed by atoms with van der Waals surface area (Å²) in [5, 5.41) is 7.84. The van der Waals surface area contributed by atoms with E-state index in [0.717, 1.165) is 15.6 Å². The van der Waals surface area contributed by atoms with Crippen molar-refractivity contribution in [2.75, 3.05) is 38.3 Å². The lowest BCUT2D eigenvalue weighted by atomic mass is 10.1. The average molecular weight is 492 g/mol. The van der Waals surface area contributed by atoms with Crippen molar-refractivity contribution in [3.8, 4) is 0 Å². The highest BCUT2D eigenvalue weighted by molar-refractivity contribution is 7.89. The Morgan fingerprint density at radius 1 is 1.27 bits per heavy atom. The van der Waals surface area contributed by atoms with Crippen LogP contribution in [0.4, 0.5) is 5.69 Å². The molecule has 0 spiro atoms. The fraction of sp³-hybridized carbons (Fsp3) is 0.364. The number of aromatic nitrogens is 2. The third-order valence-corrected chi connectivity index (χ3v) is 8.41. The molecular formula is C22H26ClN5O4S. The number of nitrogens with zero attached hydrogens (tertiary/aromatic N) is 3. The number of anilines is 1. The molecule has 9 nitrogen and oxygen atoms in total. The number of aryl methyl sites for hydroxylation is 1. The summed E-state index contributed by atoms with van der Waals surface area (Å²) >= 11 is 6.54. The van der Waals surface area contributed by atoms with Gasteiger partial charge in [0.25, 0.3) is 0 Å². The second-order valence-corrected chi connectivity index (χ2v) is 10.5. The van der Waals surface area contributed by atoms with Crippen LogP contribution in [0.25, 0.3) is 10.9 Å². The van der Waals surface area contributed by atoms with Crippen LogP contribution >= 0.6 is 11.6 Å². The first-order chi connectivity index (χ1) is 15.6. The molecule has 0 bridgehead atoms. The molecule has 2 aromatic carbocycles. The van der Waals surface area contributed by atoms with E-state index >= 15 is 0 Å². The number of carbonyl (C=O) groups excluding carboxylic acids is 1. The summed E-state index contributed by atoms with van der Waals surface area (Å²) in [5.74, 6) is -0.803. The average Bonchev–Trinajstić information content (AvgIpc) is 3.22. The Morgan fingerprint density at radius 2 is 1.97 bits per heavy atom. The molecule has 11 heteroatoms. The SMILES string of the molecule is Cc1cc2cn[nH]c2c(S(=O)(=O)N(C)C(C(N)=O)c2ccc(N3CCOCC3)c(Cl)c2)c1C. The molecule has 1 fully saturated rings. The van der Waals surface area contributed by atoms with Gasteiger partial charge in [0.15, 0.2) is 0 Å². The second kappa shape index (κ2) is 8.94. The highest BCUT2D eigenvalue weighted by atomic mass is 35.5. The van der Waals surface area contributed by atoms with Crippen molar-refractivity contribution in [3.63, 3.8) is 0 Å². The minimum Gasteiger partial charge on any atom is -0.378 e. The molecule has 176 valence electrons. The fourth-order valence-corrected chi connectivity index (χ4v) is 6.28. The topological polar surface area (TPSA) is 122 Å². The van der Waals surface area contributed by atoms with Gasteiger partial charge in [0, 0.05) is 25.5 Å². The van der Waals surface area contributed by atoms with E-state index in [0.29, 0.717) is 53.4 Å². The number of aromatic amines is 1. The smallest absolute Gasteiger partial charge is 0.246 e. The van der Waals surface area contributed by atoms with Gasteiger partial charge >= 0.3 is 0 Å². The lowest BCUT2D eigenvalue weighted by molar-refractivity contribution is -0.121. The van der Waals surface area contributed by atoms with Crippen molar-refractivity contribution in [2.45, 2.75) is 24.8 Å². The summed E-state index contributed by atoms with van der Waals surface area (Å²) < 4.78 is 33.9. The fourth-order valence-electron chi connectivity index (χ4n) is 4.21. The van der Waals surface area contributed by atoms with Crippen molar-refractivity contribution < 1.29 is 17.9 Å². The maximum absolute atomic E-state index is 13.8. The van der Waals surface area contributed by atoms with Gasteiger partial charge in [-0.1, -0.05) is 17.7 Å². The van der Waals surface area contributed by atoms with Crippen LogP contribution in [-0.2, 0) is 19.6 Å². The molecule has 3 N–H and O–H groups in total. The number of ether oxygens (including phenoxy) is 1. The highest BCUT2D eigenvalue weighted by Gasteiger charge is 2.36. The third-order valence-electron chi connectivity index (χ3n) is 6.11. The monoisotopic (exact) mass is 491 g/mol. The summed E-state index contributed by atoms with van der Waals surface area (Å²) in [6, 6.07) is 5.69. The van der Waals surface area contributed by atoms with Gasteiger partial charge in [0.05, 0.1) is 35.6 Å². The molecule has 1 aromatic heterocycles. The van der Waals surface area contributed by atoms with Crippen molar-refractivity contribution in [3.05, 3.63) is 52.2 Å². The number of sulfonamides is 1. The molecule has 4 rings (SSSR count). The van der Waals surface area contributed by atoms with Crippen LogP contribution in [0.1, 0.15) is 22.7 Å². The first kappa shape index (κ1) is 23.5. The van der Waals surface area contributed by atoms with Gasteiger partial charge in [-0.25, -0.2) is 8.42 Å². The first-order valence-electron chi connectivity index (χ1n) is 10.5. The molecule has 1 aliphatic heterocycles. The number of fused-ring (bicyclic) bond motifs is 1. The van der Waals surface area contributed by atoms with E-state index in [2.05, 4.69) is 15.1 Å². The van der Waals surface area contributed by atoms with Gasteiger partial charge in [-0.2, -0.15) is 9.40 Å². The number of primary amides is 1. The molecule has 0 saturated carbocycles. The number of amides is 1. The molecule has 2 heterocycles. The van der Waals surface area contributed by atoms with Crippen molar-refractivity contribution in [2.24, 2.45) is 5.73 Å². The van der Waals surface area contributed by atoms with Crippen LogP contribution in [-0.4, -0.2) is 62.2 Å². The molecule has 0 radical (unpaired) electrons. The van der Waals surface area contributed by atoms with E-state index in [1.54, 1.807) is 31.3 Å². The third kappa shape index (κ3) is 4.19. The Hall–Kier alpha value is -2.66. The Bertz CT molecular complexity index is 1320. The predicted octanol–water partition coefficient (Wildman–Crippen LogP) is 2.52. The summed E-state index contributed by atoms with van der Waals surface area (Å²) in [5.41, 5.74) is 8.64. The zero-order valence-corrected chi connectivity index (χ0v) is 20.2. The molecule has 1 atom stereocenters.